The van der Waals surface area contributed by atoms with Crippen LogP contribution in [0.4, 0.5) is 0 Å². The molecule has 1 amide bonds. The molecule has 2 aliphatic heterocycles. The average molecular weight is 354 g/mol. The summed E-state index contributed by atoms with van der Waals surface area (Å²) < 4.78 is 16.1. The number of amides is 1. The molecule has 24 heavy (non-hydrogen) atoms. The number of nitrogens with one attached hydrogen (secondary N) is 1. The van der Waals surface area contributed by atoms with Crippen LogP contribution in [0.2, 0.25) is 5.02 Å². The maximum atomic E-state index is 12.1. The van der Waals surface area contributed by atoms with Crippen molar-refractivity contribution in [2.24, 2.45) is 5.92 Å². The molecule has 1 saturated heterocycles. The molecule has 0 unspecified atom stereocenters. The number of carbonyl (C=O) groups is 2. The Morgan fingerprint density at radius 2 is 2.25 bits per heavy atom. The van der Waals surface area contributed by atoms with Gasteiger partial charge in [-0.2, -0.15) is 0 Å². The van der Waals surface area contributed by atoms with Crippen LogP contribution in [0, 0.1) is 5.92 Å². The Hall–Kier alpha value is -1.79. The van der Waals surface area contributed by atoms with Crippen molar-refractivity contribution in [2.45, 2.75) is 25.4 Å². The van der Waals surface area contributed by atoms with Gasteiger partial charge in [-0.05, 0) is 43.0 Å². The second-order valence-corrected chi connectivity index (χ2v) is 6.45. The van der Waals surface area contributed by atoms with E-state index < -0.39 is 11.9 Å². The SMILES string of the molecule is O=C(COC(=O)[C@H]1COc2ccc(Cl)cc2C1)NC[C@@H]1CCCO1. The van der Waals surface area contributed by atoms with E-state index in [1.54, 1.807) is 18.2 Å². The molecule has 0 radical (unpaired) electrons. The van der Waals surface area contributed by atoms with Crippen molar-refractivity contribution in [1.29, 1.82) is 0 Å². The Kier molecular flexibility index (Phi) is 5.58. The summed E-state index contributed by atoms with van der Waals surface area (Å²) in [4.78, 5) is 23.9. The topological polar surface area (TPSA) is 73.9 Å². The molecular formula is C17H20ClNO5. The molecule has 1 aromatic carbocycles. The maximum absolute atomic E-state index is 12.1. The van der Waals surface area contributed by atoms with Crippen LogP contribution >= 0.6 is 11.6 Å². The number of benzene rings is 1. The van der Waals surface area contributed by atoms with E-state index in [-0.39, 0.29) is 25.2 Å². The molecule has 3 rings (SSSR count). The van der Waals surface area contributed by atoms with Gasteiger partial charge in [0.1, 0.15) is 12.4 Å². The van der Waals surface area contributed by atoms with Gasteiger partial charge >= 0.3 is 5.97 Å². The normalized spacial score (nSPS) is 22.4. The van der Waals surface area contributed by atoms with Gasteiger partial charge in [-0.15, -0.1) is 0 Å². The van der Waals surface area contributed by atoms with Gasteiger partial charge in [0.2, 0.25) is 0 Å². The number of hydrogen-bond acceptors (Lipinski definition) is 5. The molecule has 2 atom stereocenters. The fourth-order valence-corrected chi connectivity index (χ4v) is 3.05. The molecule has 0 aliphatic carbocycles. The number of ether oxygens (including phenoxy) is 3. The van der Waals surface area contributed by atoms with Crippen molar-refractivity contribution in [1.82, 2.24) is 5.32 Å². The lowest BCUT2D eigenvalue weighted by Crippen LogP contribution is -2.36. The summed E-state index contributed by atoms with van der Waals surface area (Å²) in [6.45, 7) is 1.15. The minimum Gasteiger partial charge on any atom is -0.492 e. The monoisotopic (exact) mass is 353 g/mol. The van der Waals surface area contributed by atoms with Gasteiger partial charge in [0, 0.05) is 18.2 Å². The van der Waals surface area contributed by atoms with E-state index in [4.69, 9.17) is 25.8 Å². The first-order valence-electron chi connectivity index (χ1n) is 8.08. The van der Waals surface area contributed by atoms with E-state index in [1.165, 1.54) is 0 Å². The molecule has 1 N–H and O–H groups in total. The van der Waals surface area contributed by atoms with E-state index in [9.17, 15) is 9.59 Å². The van der Waals surface area contributed by atoms with Crippen molar-refractivity contribution in [2.75, 3.05) is 26.4 Å². The lowest BCUT2D eigenvalue weighted by molar-refractivity contribution is -0.154. The summed E-state index contributed by atoms with van der Waals surface area (Å²) in [5.41, 5.74) is 0.874. The van der Waals surface area contributed by atoms with Gasteiger partial charge in [-0.1, -0.05) is 11.6 Å². The zero-order valence-corrected chi connectivity index (χ0v) is 14.0. The molecule has 2 heterocycles. The Morgan fingerprint density at radius 1 is 1.38 bits per heavy atom. The Morgan fingerprint density at radius 3 is 3.04 bits per heavy atom. The smallest absolute Gasteiger partial charge is 0.313 e. The number of hydrogen-bond donors (Lipinski definition) is 1. The molecular weight excluding hydrogens is 334 g/mol. The lowest BCUT2D eigenvalue weighted by atomic mass is 9.97. The second-order valence-electron chi connectivity index (χ2n) is 6.01. The van der Waals surface area contributed by atoms with Gasteiger partial charge in [0.25, 0.3) is 5.91 Å². The van der Waals surface area contributed by atoms with Crippen molar-refractivity contribution in [3.05, 3.63) is 28.8 Å². The summed E-state index contributed by atoms with van der Waals surface area (Å²) in [5, 5.41) is 3.31. The van der Waals surface area contributed by atoms with E-state index in [2.05, 4.69) is 5.32 Å². The average Bonchev–Trinajstić information content (AvgIpc) is 3.10. The molecule has 7 heteroatoms. The lowest BCUT2D eigenvalue weighted by Gasteiger charge is -2.24. The van der Waals surface area contributed by atoms with Gasteiger partial charge in [0.15, 0.2) is 6.61 Å². The molecule has 2 aliphatic rings. The first-order chi connectivity index (χ1) is 11.6. The summed E-state index contributed by atoms with van der Waals surface area (Å²) in [6, 6.07) is 5.32. The van der Waals surface area contributed by atoms with Crippen LogP contribution in [-0.2, 0) is 25.5 Å². The molecule has 0 bridgehead atoms. The molecule has 0 saturated carbocycles. The highest BCUT2D eigenvalue weighted by Crippen LogP contribution is 2.30. The van der Waals surface area contributed by atoms with Gasteiger partial charge in [-0.25, -0.2) is 0 Å². The zero-order valence-electron chi connectivity index (χ0n) is 13.3. The van der Waals surface area contributed by atoms with E-state index in [0.29, 0.717) is 18.0 Å². The highest BCUT2D eigenvalue weighted by molar-refractivity contribution is 6.30. The fraction of sp³-hybridized carbons (Fsp3) is 0.529. The van der Waals surface area contributed by atoms with Crippen LogP contribution in [0.25, 0.3) is 0 Å². The molecule has 6 nitrogen and oxygen atoms in total. The van der Waals surface area contributed by atoms with Crippen LogP contribution in [0.3, 0.4) is 0 Å². The first kappa shape index (κ1) is 17.0. The van der Waals surface area contributed by atoms with E-state index in [0.717, 1.165) is 30.8 Å². The Balaban J connectivity index is 1.42. The molecule has 130 valence electrons. The van der Waals surface area contributed by atoms with Crippen LogP contribution in [-0.4, -0.2) is 44.3 Å². The van der Waals surface area contributed by atoms with Crippen LogP contribution < -0.4 is 10.1 Å². The number of carbonyl (C=O) groups excluding carboxylic acids is 2. The zero-order chi connectivity index (χ0) is 16.9. The maximum Gasteiger partial charge on any atom is 0.313 e. The van der Waals surface area contributed by atoms with E-state index in [1.807, 2.05) is 0 Å². The van der Waals surface area contributed by atoms with Crippen LogP contribution in [0.1, 0.15) is 18.4 Å². The van der Waals surface area contributed by atoms with Gasteiger partial charge in [0.05, 0.1) is 12.0 Å². The minimum absolute atomic E-state index is 0.0673. The number of rotatable bonds is 5. The molecule has 1 fully saturated rings. The van der Waals surface area contributed by atoms with Crippen LogP contribution in [0.5, 0.6) is 5.75 Å². The highest BCUT2D eigenvalue weighted by atomic mass is 35.5. The number of fused-ring (bicyclic) bond motifs is 1. The predicted molar refractivity (Wildman–Crippen MR) is 87.1 cm³/mol. The second kappa shape index (κ2) is 7.85. The van der Waals surface area contributed by atoms with Gasteiger partial charge < -0.3 is 19.5 Å². The third-order valence-corrected chi connectivity index (χ3v) is 4.39. The summed E-state index contributed by atoms with van der Waals surface area (Å²) in [6.07, 6.45) is 2.52. The molecule has 0 spiro atoms. The third kappa shape index (κ3) is 4.39. The van der Waals surface area contributed by atoms with Crippen molar-refractivity contribution in [3.63, 3.8) is 0 Å². The first-order valence-corrected chi connectivity index (χ1v) is 8.46. The fourth-order valence-electron chi connectivity index (χ4n) is 2.85. The largest absolute Gasteiger partial charge is 0.492 e. The Bertz CT molecular complexity index is 615. The quantitative estimate of drug-likeness (QED) is 0.816. The van der Waals surface area contributed by atoms with Crippen molar-refractivity contribution < 1.29 is 23.8 Å². The van der Waals surface area contributed by atoms with Crippen molar-refractivity contribution in [3.8, 4) is 5.75 Å². The highest BCUT2D eigenvalue weighted by Gasteiger charge is 2.28. The minimum atomic E-state index is -0.437. The molecule has 0 aromatic heterocycles. The predicted octanol–water partition coefficient (Wildman–Crippen LogP) is 1.73. The van der Waals surface area contributed by atoms with Gasteiger partial charge in [-0.3, -0.25) is 9.59 Å². The standard InChI is InChI=1S/C17H20ClNO5/c18-13-3-4-15-11(7-13)6-12(9-23-15)17(21)24-10-16(20)19-8-14-2-1-5-22-14/h3-4,7,12,14H,1-2,5-6,8-10H2,(H,19,20)/t12-,14+/m1/s1. The third-order valence-electron chi connectivity index (χ3n) is 4.16. The summed E-state index contributed by atoms with van der Waals surface area (Å²) >= 11 is 5.96. The summed E-state index contributed by atoms with van der Waals surface area (Å²) in [5.74, 6) is -0.452. The van der Waals surface area contributed by atoms with Crippen LogP contribution in [0.15, 0.2) is 18.2 Å². The number of esters is 1. The molecule has 1 aromatic rings. The summed E-state index contributed by atoms with van der Waals surface area (Å²) in [7, 11) is 0. The number of halogens is 1. The van der Waals surface area contributed by atoms with E-state index >= 15 is 0 Å². The van der Waals surface area contributed by atoms with Crippen molar-refractivity contribution >= 4 is 23.5 Å². The Labute approximate surface area is 145 Å².